The predicted octanol–water partition coefficient (Wildman–Crippen LogP) is 2.45. The van der Waals surface area contributed by atoms with Crippen molar-refractivity contribution >= 4 is 23.4 Å². The van der Waals surface area contributed by atoms with Crippen molar-refractivity contribution in [2.75, 3.05) is 12.4 Å². The van der Waals surface area contributed by atoms with Gasteiger partial charge < -0.3 is 5.11 Å². The first-order valence-electron chi connectivity index (χ1n) is 3.25. The second kappa shape index (κ2) is 3.33. The average molecular weight is 237 g/mol. The lowest BCUT2D eigenvalue weighted by Crippen LogP contribution is -2.51. The molecule has 0 unspecified atom stereocenters. The molecule has 0 saturated carbocycles. The lowest BCUT2D eigenvalue weighted by molar-refractivity contribution is -0.177. The number of aliphatic hydroxyl groups is 1. The van der Waals surface area contributed by atoms with Crippen LogP contribution in [0.2, 0.25) is 0 Å². The largest absolute Gasteiger partial charge is 0.396 e. The first-order valence-corrected chi connectivity index (χ1v) is 4.62. The number of thioether (sulfide) groups is 1. The second-order valence-corrected chi connectivity index (χ2v) is 3.85. The number of halogens is 5. The van der Waals surface area contributed by atoms with E-state index in [2.05, 4.69) is 0 Å². The zero-order valence-corrected chi connectivity index (χ0v) is 7.73. The summed E-state index contributed by atoms with van der Waals surface area (Å²) in [6, 6.07) is 0. The van der Waals surface area contributed by atoms with E-state index >= 15 is 0 Å². The van der Waals surface area contributed by atoms with Crippen LogP contribution in [-0.4, -0.2) is 29.3 Å². The number of hydrogen-bond donors (Lipinski definition) is 1. The van der Waals surface area contributed by atoms with Gasteiger partial charge in [-0.2, -0.15) is 17.6 Å². The number of hydrogen-bond acceptors (Lipinski definition) is 2. The molecule has 1 nitrogen and oxygen atoms in total. The molecule has 1 aliphatic carbocycles. The average Bonchev–Trinajstić information content (AvgIpc) is 2.04. The summed E-state index contributed by atoms with van der Waals surface area (Å²) in [5.74, 6) is -8.49. The van der Waals surface area contributed by atoms with E-state index in [4.69, 9.17) is 16.7 Å². The summed E-state index contributed by atoms with van der Waals surface area (Å²) in [5.41, 5.74) is 0. The lowest BCUT2D eigenvalue weighted by Gasteiger charge is -2.37. The zero-order valence-electron chi connectivity index (χ0n) is 6.16. The molecule has 0 aromatic heterocycles. The van der Waals surface area contributed by atoms with Gasteiger partial charge >= 0.3 is 11.8 Å². The molecular formula is C6H5ClF4OS. The Morgan fingerprint density at radius 2 is 1.77 bits per heavy atom. The van der Waals surface area contributed by atoms with Crippen LogP contribution in [0.15, 0.2) is 9.94 Å². The van der Waals surface area contributed by atoms with Crippen molar-refractivity contribution in [1.29, 1.82) is 0 Å². The van der Waals surface area contributed by atoms with Gasteiger partial charge in [0.1, 0.15) is 5.03 Å². The molecule has 13 heavy (non-hydrogen) atoms. The van der Waals surface area contributed by atoms with Crippen LogP contribution in [0.5, 0.6) is 0 Å². The molecule has 0 aromatic rings. The molecule has 0 aliphatic heterocycles. The Morgan fingerprint density at radius 1 is 1.23 bits per heavy atom. The van der Waals surface area contributed by atoms with Crippen molar-refractivity contribution in [2.45, 2.75) is 11.8 Å². The van der Waals surface area contributed by atoms with Crippen molar-refractivity contribution < 1.29 is 22.7 Å². The highest BCUT2D eigenvalue weighted by Crippen LogP contribution is 2.60. The Bertz CT molecular complexity index is 253. The van der Waals surface area contributed by atoms with Gasteiger partial charge in [0, 0.05) is 5.75 Å². The maximum absolute atomic E-state index is 12.6. The molecule has 1 aliphatic rings. The number of allylic oxidation sites excluding steroid dienone is 2. The van der Waals surface area contributed by atoms with Crippen LogP contribution in [-0.2, 0) is 0 Å². The number of rotatable bonds is 3. The molecule has 0 heterocycles. The minimum absolute atomic E-state index is 0.0722. The van der Waals surface area contributed by atoms with Crippen LogP contribution in [0.1, 0.15) is 0 Å². The quantitative estimate of drug-likeness (QED) is 0.760. The standard InChI is InChI=1S/C6H5ClF4OS/c7-3-4(13-2-1-12)6(10,11)5(3,8)9/h12H,1-2H2. The van der Waals surface area contributed by atoms with Gasteiger partial charge in [0.25, 0.3) is 0 Å². The smallest absolute Gasteiger partial charge is 0.351 e. The fourth-order valence-electron chi connectivity index (χ4n) is 0.800. The fraction of sp³-hybridized carbons (Fsp3) is 0.667. The van der Waals surface area contributed by atoms with E-state index in [-0.39, 0.29) is 12.4 Å². The lowest BCUT2D eigenvalue weighted by atomic mass is 10.00. The van der Waals surface area contributed by atoms with Gasteiger partial charge in [0.2, 0.25) is 0 Å². The topological polar surface area (TPSA) is 20.2 Å². The summed E-state index contributed by atoms with van der Waals surface area (Å²) >= 11 is 5.42. The number of alkyl halides is 4. The van der Waals surface area contributed by atoms with Gasteiger partial charge in [0.15, 0.2) is 0 Å². The SMILES string of the molecule is OCCSC1=C(Cl)C(F)(F)C1(F)F. The van der Waals surface area contributed by atoms with E-state index in [9.17, 15) is 17.6 Å². The molecule has 76 valence electrons. The van der Waals surface area contributed by atoms with Gasteiger partial charge in [0.05, 0.1) is 11.5 Å². The molecule has 1 rings (SSSR count). The van der Waals surface area contributed by atoms with Gasteiger partial charge in [-0.3, -0.25) is 0 Å². The highest BCUT2D eigenvalue weighted by atomic mass is 35.5. The minimum Gasteiger partial charge on any atom is -0.396 e. The summed E-state index contributed by atoms with van der Waals surface area (Å²) < 4.78 is 49.9. The van der Waals surface area contributed by atoms with E-state index in [0.717, 1.165) is 0 Å². The minimum atomic E-state index is -4.24. The second-order valence-electron chi connectivity index (χ2n) is 2.36. The van der Waals surface area contributed by atoms with Crippen molar-refractivity contribution in [3.63, 3.8) is 0 Å². The zero-order chi connectivity index (χ0) is 10.3. The normalized spacial score (nSPS) is 24.5. The van der Waals surface area contributed by atoms with E-state index < -0.39 is 21.8 Å². The molecule has 0 atom stereocenters. The van der Waals surface area contributed by atoms with Gasteiger partial charge in [-0.25, -0.2) is 0 Å². The molecule has 0 radical (unpaired) electrons. The Labute approximate surface area is 80.8 Å². The van der Waals surface area contributed by atoms with Crippen molar-refractivity contribution in [1.82, 2.24) is 0 Å². The van der Waals surface area contributed by atoms with E-state index in [1.807, 2.05) is 0 Å². The third-order valence-electron chi connectivity index (χ3n) is 1.49. The molecular weight excluding hydrogens is 232 g/mol. The maximum atomic E-state index is 12.6. The molecule has 0 bridgehead atoms. The molecule has 0 saturated heterocycles. The summed E-state index contributed by atoms with van der Waals surface area (Å²) in [4.78, 5) is -0.840. The van der Waals surface area contributed by atoms with E-state index in [1.54, 1.807) is 0 Å². The molecule has 0 fully saturated rings. The van der Waals surface area contributed by atoms with Crippen LogP contribution in [0.25, 0.3) is 0 Å². The molecule has 0 amide bonds. The molecule has 1 N–H and O–H groups in total. The fourth-order valence-corrected chi connectivity index (χ4v) is 2.06. The van der Waals surface area contributed by atoms with Crippen LogP contribution in [0, 0.1) is 0 Å². The maximum Gasteiger partial charge on any atom is 0.351 e. The predicted molar refractivity (Wildman–Crippen MR) is 42.3 cm³/mol. The van der Waals surface area contributed by atoms with E-state index in [0.29, 0.717) is 11.8 Å². The third-order valence-corrected chi connectivity index (χ3v) is 3.17. The summed E-state index contributed by atoms with van der Waals surface area (Å²) in [6.07, 6.45) is 0. The Morgan fingerprint density at radius 3 is 2.15 bits per heavy atom. The monoisotopic (exact) mass is 236 g/mol. The van der Waals surface area contributed by atoms with Gasteiger partial charge in [-0.1, -0.05) is 11.6 Å². The van der Waals surface area contributed by atoms with Gasteiger partial charge in [-0.05, 0) is 0 Å². The highest BCUT2D eigenvalue weighted by molar-refractivity contribution is 8.03. The van der Waals surface area contributed by atoms with Gasteiger partial charge in [-0.15, -0.1) is 11.8 Å². The van der Waals surface area contributed by atoms with Crippen LogP contribution in [0.3, 0.4) is 0 Å². The molecule has 0 spiro atoms. The van der Waals surface area contributed by atoms with Crippen LogP contribution in [0.4, 0.5) is 17.6 Å². The summed E-state index contributed by atoms with van der Waals surface area (Å²) in [7, 11) is 0. The molecule has 0 aromatic carbocycles. The Hall–Kier alpha value is 0.0600. The summed E-state index contributed by atoms with van der Waals surface area (Å²) in [6.45, 7) is -0.361. The summed E-state index contributed by atoms with van der Waals surface area (Å²) in [5, 5.41) is 7.19. The molecule has 7 heteroatoms. The van der Waals surface area contributed by atoms with Crippen LogP contribution < -0.4 is 0 Å². The van der Waals surface area contributed by atoms with Crippen molar-refractivity contribution in [2.24, 2.45) is 0 Å². The first-order chi connectivity index (χ1) is 5.85. The first kappa shape index (κ1) is 11.1. The van der Waals surface area contributed by atoms with E-state index in [1.165, 1.54) is 0 Å². The van der Waals surface area contributed by atoms with Crippen molar-refractivity contribution in [3.8, 4) is 0 Å². The van der Waals surface area contributed by atoms with Crippen LogP contribution >= 0.6 is 23.4 Å². The third kappa shape index (κ3) is 1.45. The number of aliphatic hydroxyl groups excluding tert-OH is 1. The Balaban J connectivity index is 2.81. The Kier molecular flexibility index (Phi) is 2.85. The highest BCUT2D eigenvalue weighted by Gasteiger charge is 2.71. The van der Waals surface area contributed by atoms with Crippen molar-refractivity contribution in [3.05, 3.63) is 9.94 Å².